The number of anilines is 1. The van der Waals surface area contributed by atoms with Crippen LogP contribution in [0.25, 0.3) is 0 Å². The Morgan fingerprint density at radius 1 is 0.718 bits per heavy atom. The molecule has 0 saturated heterocycles. The van der Waals surface area contributed by atoms with Crippen molar-refractivity contribution in [3.8, 4) is 40.2 Å². The van der Waals surface area contributed by atoms with Crippen molar-refractivity contribution < 1.29 is 34.4 Å². The number of phenolic OH excluding ortho intramolecular Hbond substituents is 3. The first-order chi connectivity index (χ1) is 18.7. The third-order valence-electron chi connectivity index (χ3n) is 6.67. The zero-order valence-electron chi connectivity index (χ0n) is 21.4. The second kappa shape index (κ2) is 10.1. The van der Waals surface area contributed by atoms with Gasteiger partial charge in [0.05, 0.1) is 22.3 Å². The molecule has 5 N–H and O–H groups in total. The number of nitrogen functional groups attached to an aromatic ring is 1. The van der Waals surface area contributed by atoms with Crippen LogP contribution in [-0.4, -0.2) is 26.9 Å². The van der Waals surface area contributed by atoms with Crippen LogP contribution in [0, 0.1) is 6.92 Å². The highest BCUT2D eigenvalue weighted by Crippen LogP contribution is 2.49. The number of ketones is 2. The molecule has 0 atom stereocenters. The van der Waals surface area contributed by atoms with E-state index in [1.54, 1.807) is 36.4 Å². The van der Waals surface area contributed by atoms with Crippen molar-refractivity contribution in [3.63, 3.8) is 0 Å². The number of benzene rings is 4. The molecule has 198 valence electrons. The summed E-state index contributed by atoms with van der Waals surface area (Å²) in [7, 11) is 0. The molecule has 0 aromatic heterocycles. The van der Waals surface area contributed by atoms with Crippen molar-refractivity contribution in [1.29, 1.82) is 0 Å². The van der Waals surface area contributed by atoms with E-state index in [0.717, 1.165) is 36.5 Å². The summed E-state index contributed by atoms with van der Waals surface area (Å²) in [5.74, 6) is -3.15. The van der Waals surface area contributed by atoms with Gasteiger partial charge in [-0.2, -0.15) is 0 Å². The Labute approximate surface area is 224 Å². The van der Waals surface area contributed by atoms with Crippen LogP contribution in [0.15, 0.2) is 60.7 Å². The first kappa shape index (κ1) is 25.7. The first-order valence-electron chi connectivity index (χ1n) is 12.5. The van der Waals surface area contributed by atoms with Crippen LogP contribution in [0.1, 0.15) is 62.7 Å². The molecule has 8 heteroatoms. The largest absolute Gasteiger partial charge is 0.507 e. The summed E-state index contributed by atoms with van der Waals surface area (Å²) >= 11 is 0. The summed E-state index contributed by atoms with van der Waals surface area (Å²) in [4.78, 5) is 27.1. The summed E-state index contributed by atoms with van der Waals surface area (Å²) < 4.78 is 11.5. The number of fused-ring (bicyclic) bond motifs is 2. The van der Waals surface area contributed by atoms with E-state index in [9.17, 15) is 24.9 Å². The number of unbranched alkanes of at least 4 members (excludes halogenated alkanes) is 1. The second-order valence-electron chi connectivity index (χ2n) is 9.48. The lowest BCUT2D eigenvalue weighted by Gasteiger charge is -2.23. The molecule has 0 saturated carbocycles. The molecule has 0 amide bonds. The van der Waals surface area contributed by atoms with Crippen LogP contribution >= 0.6 is 0 Å². The predicted octanol–water partition coefficient (Wildman–Crippen LogP) is 6.40. The van der Waals surface area contributed by atoms with E-state index in [4.69, 9.17) is 15.2 Å². The lowest BCUT2D eigenvalue weighted by Crippen LogP contribution is -2.23. The smallest absolute Gasteiger partial charge is 0.202 e. The van der Waals surface area contributed by atoms with Gasteiger partial charge < -0.3 is 30.5 Å². The van der Waals surface area contributed by atoms with Gasteiger partial charge in [0.2, 0.25) is 11.6 Å². The van der Waals surface area contributed by atoms with Gasteiger partial charge in [-0.15, -0.1) is 0 Å². The molecule has 4 aromatic carbocycles. The molecular formula is C31H27NO7. The van der Waals surface area contributed by atoms with Gasteiger partial charge in [0, 0.05) is 17.8 Å². The number of carbonyl (C=O) groups is 2. The molecule has 0 heterocycles. The maximum Gasteiger partial charge on any atom is 0.202 e. The van der Waals surface area contributed by atoms with Gasteiger partial charge in [0.25, 0.3) is 0 Å². The SMILES string of the molecule is CCCCc1ccc(Oc2cc(O)c3c(c2O)C(=O)c2c(N)cc(Oc4ccc(C)cc4)c(O)c2C3=O)cc1. The van der Waals surface area contributed by atoms with E-state index < -0.39 is 45.5 Å². The Morgan fingerprint density at radius 3 is 1.82 bits per heavy atom. The van der Waals surface area contributed by atoms with Gasteiger partial charge in [-0.3, -0.25) is 9.59 Å². The van der Waals surface area contributed by atoms with Crippen LogP contribution in [0.5, 0.6) is 40.2 Å². The summed E-state index contributed by atoms with van der Waals surface area (Å²) in [5, 5.41) is 32.7. The molecule has 0 spiro atoms. The molecule has 5 rings (SSSR count). The maximum absolute atomic E-state index is 13.5. The quantitative estimate of drug-likeness (QED) is 0.141. The molecule has 39 heavy (non-hydrogen) atoms. The Kier molecular flexibility index (Phi) is 6.62. The maximum atomic E-state index is 13.5. The molecule has 0 bridgehead atoms. The third-order valence-corrected chi connectivity index (χ3v) is 6.67. The number of aromatic hydroxyl groups is 3. The van der Waals surface area contributed by atoms with Crippen LogP contribution in [-0.2, 0) is 6.42 Å². The highest BCUT2D eigenvalue weighted by Gasteiger charge is 2.40. The molecule has 4 aromatic rings. The van der Waals surface area contributed by atoms with Gasteiger partial charge in [-0.05, 0) is 49.6 Å². The fourth-order valence-corrected chi connectivity index (χ4v) is 4.59. The Bertz CT molecular complexity index is 1610. The van der Waals surface area contributed by atoms with Gasteiger partial charge in [0.15, 0.2) is 23.0 Å². The lowest BCUT2D eigenvalue weighted by molar-refractivity contribution is 0.0971. The zero-order chi connectivity index (χ0) is 27.8. The van der Waals surface area contributed by atoms with Crippen LogP contribution in [0.2, 0.25) is 0 Å². The fraction of sp³-hybridized carbons (Fsp3) is 0.161. The lowest BCUT2D eigenvalue weighted by atomic mass is 9.81. The van der Waals surface area contributed by atoms with E-state index in [2.05, 4.69) is 6.92 Å². The number of hydrogen-bond acceptors (Lipinski definition) is 8. The molecule has 1 aliphatic rings. The summed E-state index contributed by atoms with van der Waals surface area (Å²) in [6, 6.07) is 16.5. The van der Waals surface area contributed by atoms with E-state index >= 15 is 0 Å². The number of phenols is 3. The van der Waals surface area contributed by atoms with Crippen LogP contribution < -0.4 is 15.2 Å². The van der Waals surface area contributed by atoms with E-state index in [1.807, 2.05) is 19.1 Å². The topological polar surface area (TPSA) is 139 Å². The summed E-state index contributed by atoms with van der Waals surface area (Å²) in [6.45, 7) is 4.02. The minimum atomic E-state index is -0.891. The van der Waals surface area contributed by atoms with Crippen molar-refractivity contribution in [2.45, 2.75) is 33.1 Å². The Balaban J connectivity index is 1.53. The minimum absolute atomic E-state index is 0.134. The van der Waals surface area contributed by atoms with Crippen molar-refractivity contribution in [2.75, 3.05) is 5.73 Å². The molecule has 0 fully saturated rings. The van der Waals surface area contributed by atoms with Crippen molar-refractivity contribution in [2.24, 2.45) is 0 Å². The van der Waals surface area contributed by atoms with E-state index in [0.29, 0.717) is 11.5 Å². The fourth-order valence-electron chi connectivity index (χ4n) is 4.59. The molecule has 0 aliphatic heterocycles. The van der Waals surface area contributed by atoms with Crippen molar-refractivity contribution in [3.05, 3.63) is 94.0 Å². The average molecular weight is 526 g/mol. The highest BCUT2D eigenvalue weighted by molar-refractivity contribution is 6.33. The normalized spacial score (nSPS) is 12.2. The molecule has 0 unspecified atom stereocenters. The molecule has 8 nitrogen and oxygen atoms in total. The second-order valence-corrected chi connectivity index (χ2v) is 9.48. The molecule has 1 aliphatic carbocycles. The number of rotatable bonds is 7. The number of nitrogens with two attached hydrogens (primary N) is 1. The van der Waals surface area contributed by atoms with Gasteiger partial charge >= 0.3 is 0 Å². The third kappa shape index (κ3) is 4.61. The van der Waals surface area contributed by atoms with Crippen LogP contribution in [0.3, 0.4) is 0 Å². The predicted molar refractivity (Wildman–Crippen MR) is 146 cm³/mol. The Hall–Kier alpha value is -4.98. The summed E-state index contributed by atoms with van der Waals surface area (Å²) in [6.07, 6.45) is 3.04. The van der Waals surface area contributed by atoms with Crippen molar-refractivity contribution in [1.82, 2.24) is 0 Å². The van der Waals surface area contributed by atoms with Crippen molar-refractivity contribution >= 4 is 17.3 Å². The minimum Gasteiger partial charge on any atom is -0.507 e. The molecule has 0 radical (unpaired) electrons. The standard InChI is InChI=1S/C31H27NO7/c1-3-4-5-17-8-12-19(13-9-17)39-23-15-21(33)25-27(29(23)35)30(36)24-20(32)14-22(28(34)26(24)31(25)37)38-18-10-6-16(2)7-11-18/h6-15,33-35H,3-5,32H2,1-2H3. The monoisotopic (exact) mass is 525 g/mol. The number of aryl methyl sites for hydroxylation is 2. The summed E-state index contributed by atoms with van der Waals surface area (Å²) in [5.41, 5.74) is 6.51. The molecular weight excluding hydrogens is 498 g/mol. The van der Waals surface area contributed by atoms with E-state index in [-0.39, 0.29) is 22.7 Å². The van der Waals surface area contributed by atoms with Gasteiger partial charge in [0.1, 0.15) is 17.2 Å². The number of carbonyl (C=O) groups excluding carboxylic acids is 2. The zero-order valence-corrected chi connectivity index (χ0v) is 21.4. The van der Waals surface area contributed by atoms with Crippen LogP contribution in [0.4, 0.5) is 5.69 Å². The number of hydrogen-bond donors (Lipinski definition) is 4. The van der Waals surface area contributed by atoms with Gasteiger partial charge in [-0.1, -0.05) is 43.2 Å². The van der Waals surface area contributed by atoms with E-state index in [1.165, 1.54) is 6.07 Å². The highest BCUT2D eigenvalue weighted by atomic mass is 16.5. The first-order valence-corrected chi connectivity index (χ1v) is 12.5. The van der Waals surface area contributed by atoms with Gasteiger partial charge in [-0.25, -0.2) is 0 Å². The Morgan fingerprint density at radius 2 is 1.23 bits per heavy atom. The average Bonchev–Trinajstić information content (AvgIpc) is 2.91. The number of ether oxygens (including phenoxy) is 2.